The first kappa shape index (κ1) is 25.3. The molecule has 1 fully saturated rings. The summed E-state index contributed by atoms with van der Waals surface area (Å²) < 4.78 is 20.9. The van der Waals surface area contributed by atoms with Crippen LogP contribution in [0.5, 0.6) is 0 Å². The third kappa shape index (κ3) is 5.69. The van der Waals surface area contributed by atoms with Gasteiger partial charge in [0.25, 0.3) is 0 Å². The zero-order valence-electron chi connectivity index (χ0n) is 20.7. The summed E-state index contributed by atoms with van der Waals surface area (Å²) in [5.74, 6) is -1.22. The van der Waals surface area contributed by atoms with Gasteiger partial charge >= 0.3 is 12.1 Å². The van der Waals surface area contributed by atoms with Crippen molar-refractivity contribution in [2.75, 3.05) is 11.4 Å². The molecule has 1 saturated heterocycles. The van der Waals surface area contributed by atoms with Crippen LogP contribution in [0.15, 0.2) is 24.8 Å². The monoisotopic (exact) mass is 499 g/mol. The minimum atomic E-state index is -1.13. The van der Waals surface area contributed by atoms with Crippen molar-refractivity contribution in [3.63, 3.8) is 0 Å². The molecule has 0 aromatic carbocycles. The Balaban J connectivity index is 1.54. The molecule has 4 rings (SSSR count). The molecule has 11 nitrogen and oxygen atoms in total. The second kappa shape index (κ2) is 10.0. The number of aryl methyl sites for hydroxylation is 1. The van der Waals surface area contributed by atoms with Gasteiger partial charge in [0.05, 0.1) is 18.4 Å². The number of ether oxygens (including phenoxy) is 1. The lowest BCUT2D eigenvalue weighted by Crippen LogP contribution is -2.38. The molecule has 0 aliphatic carbocycles. The minimum absolute atomic E-state index is 0.0195. The predicted octanol–water partition coefficient (Wildman–Crippen LogP) is 3.54. The van der Waals surface area contributed by atoms with Crippen molar-refractivity contribution in [1.29, 1.82) is 0 Å². The van der Waals surface area contributed by atoms with Crippen molar-refractivity contribution in [2.24, 2.45) is 0 Å². The highest BCUT2D eigenvalue weighted by Gasteiger charge is 2.31. The number of rotatable bonds is 7. The average molecular weight is 500 g/mol. The highest BCUT2D eigenvalue weighted by atomic mass is 19.1. The number of halogens is 1. The molecule has 0 saturated carbocycles. The number of aromatic carboxylic acids is 1. The summed E-state index contributed by atoms with van der Waals surface area (Å²) in [5.41, 5.74) is 1.04. The fourth-order valence-corrected chi connectivity index (χ4v) is 4.32. The van der Waals surface area contributed by atoms with E-state index in [9.17, 15) is 19.1 Å². The third-order valence-corrected chi connectivity index (χ3v) is 5.90. The molecule has 0 spiro atoms. The Hall–Kier alpha value is -3.83. The van der Waals surface area contributed by atoms with Crippen LogP contribution in [0.4, 0.5) is 15.1 Å². The number of carbonyl (C=O) groups is 2. The van der Waals surface area contributed by atoms with Crippen LogP contribution < -0.4 is 10.2 Å². The van der Waals surface area contributed by atoms with Crippen LogP contribution in [0.25, 0.3) is 5.65 Å². The number of carboxylic acid groups (broad SMARTS) is 1. The van der Waals surface area contributed by atoms with Crippen molar-refractivity contribution >= 4 is 23.7 Å². The van der Waals surface area contributed by atoms with Crippen molar-refractivity contribution in [1.82, 2.24) is 29.9 Å². The molecular weight excluding hydrogens is 469 g/mol. The Kier molecular flexibility index (Phi) is 7.04. The van der Waals surface area contributed by atoms with E-state index in [2.05, 4.69) is 25.4 Å². The molecule has 36 heavy (non-hydrogen) atoms. The van der Waals surface area contributed by atoms with Gasteiger partial charge in [-0.15, -0.1) is 0 Å². The predicted molar refractivity (Wildman–Crippen MR) is 128 cm³/mol. The lowest BCUT2D eigenvalue weighted by atomic mass is 9.98. The van der Waals surface area contributed by atoms with Crippen LogP contribution in [-0.4, -0.2) is 59.9 Å². The van der Waals surface area contributed by atoms with Gasteiger partial charge in [-0.2, -0.15) is 10.1 Å². The van der Waals surface area contributed by atoms with Gasteiger partial charge in [0.2, 0.25) is 5.95 Å². The maximum Gasteiger partial charge on any atom is 0.407 e. The van der Waals surface area contributed by atoms with Crippen LogP contribution in [0.3, 0.4) is 0 Å². The zero-order chi connectivity index (χ0) is 26.0. The summed E-state index contributed by atoms with van der Waals surface area (Å²) in [6.45, 7) is 7.91. The summed E-state index contributed by atoms with van der Waals surface area (Å²) >= 11 is 0. The van der Waals surface area contributed by atoms with Gasteiger partial charge in [-0.05, 0) is 65.0 Å². The number of nitrogens with zero attached hydrogens (tertiary/aromatic N) is 6. The molecular formula is C24H30FN7O4. The summed E-state index contributed by atoms with van der Waals surface area (Å²) in [5, 5.41) is 16.2. The van der Waals surface area contributed by atoms with E-state index in [0.29, 0.717) is 25.3 Å². The number of carbonyl (C=O) groups excluding carboxylic acids is 1. The highest BCUT2D eigenvalue weighted by Crippen LogP contribution is 2.36. The van der Waals surface area contributed by atoms with E-state index in [1.54, 1.807) is 20.8 Å². The van der Waals surface area contributed by atoms with Crippen LogP contribution in [0, 0.1) is 5.82 Å². The fourth-order valence-electron chi connectivity index (χ4n) is 4.32. The minimum Gasteiger partial charge on any atom is -0.477 e. The van der Waals surface area contributed by atoms with Crippen molar-refractivity contribution in [3.05, 3.63) is 47.4 Å². The van der Waals surface area contributed by atoms with Crippen LogP contribution in [-0.2, 0) is 11.2 Å². The van der Waals surface area contributed by atoms with Gasteiger partial charge in [0, 0.05) is 18.3 Å². The molecule has 1 unspecified atom stereocenters. The van der Waals surface area contributed by atoms with E-state index >= 15 is 0 Å². The standard InChI is InChI=1S/C24H30FN7O4/c1-14(29-23(35)36-24(2,3)4)7-8-18-16(10-15(25)11-26-18)19-6-5-9-31(19)22-27-13-32-20(30-22)17(12-28-32)21(33)34/h10-14,19H,5-9H2,1-4H3,(H,29,35)(H,33,34)/t14?,19-/m1/s1. The smallest absolute Gasteiger partial charge is 0.407 e. The number of anilines is 1. The fraction of sp³-hybridized carbons (Fsp3) is 0.500. The van der Waals surface area contributed by atoms with Gasteiger partial charge in [-0.25, -0.2) is 23.5 Å². The first-order chi connectivity index (χ1) is 17.0. The zero-order valence-corrected chi connectivity index (χ0v) is 20.7. The number of alkyl carbamates (subject to hydrolysis) is 1. The Morgan fingerprint density at radius 2 is 2.08 bits per heavy atom. The van der Waals surface area contributed by atoms with E-state index in [-0.39, 0.29) is 23.3 Å². The molecule has 1 aliphatic heterocycles. The number of aromatic nitrogens is 5. The van der Waals surface area contributed by atoms with Gasteiger partial charge in [0.15, 0.2) is 5.65 Å². The molecule has 192 valence electrons. The van der Waals surface area contributed by atoms with E-state index in [0.717, 1.165) is 24.1 Å². The molecule has 2 N–H and O–H groups in total. The molecule has 3 aromatic rings. The topological polar surface area (TPSA) is 135 Å². The Morgan fingerprint density at radius 1 is 1.31 bits per heavy atom. The third-order valence-electron chi connectivity index (χ3n) is 5.90. The van der Waals surface area contributed by atoms with Crippen LogP contribution in [0.2, 0.25) is 0 Å². The molecule has 3 aromatic heterocycles. The largest absolute Gasteiger partial charge is 0.477 e. The maximum atomic E-state index is 14.3. The first-order valence-corrected chi connectivity index (χ1v) is 11.9. The van der Waals surface area contributed by atoms with E-state index in [4.69, 9.17) is 4.74 Å². The van der Waals surface area contributed by atoms with Crippen LogP contribution >= 0.6 is 0 Å². The van der Waals surface area contributed by atoms with E-state index in [1.165, 1.54) is 29.3 Å². The van der Waals surface area contributed by atoms with Gasteiger partial charge in [0.1, 0.15) is 23.3 Å². The Bertz CT molecular complexity index is 1270. The molecule has 1 aliphatic rings. The lowest BCUT2D eigenvalue weighted by molar-refractivity contribution is 0.0505. The highest BCUT2D eigenvalue weighted by molar-refractivity contribution is 5.94. The number of pyridine rings is 1. The van der Waals surface area contributed by atoms with Gasteiger partial charge < -0.3 is 20.1 Å². The van der Waals surface area contributed by atoms with Crippen molar-refractivity contribution < 1.29 is 23.8 Å². The second-order valence-corrected chi connectivity index (χ2v) is 9.91. The molecule has 2 atom stereocenters. The van der Waals surface area contributed by atoms with Crippen molar-refractivity contribution in [2.45, 2.75) is 71.1 Å². The summed E-state index contributed by atoms with van der Waals surface area (Å²) in [6.07, 6.45) is 6.03. The number of hydrogen-bond acceptors (Lipinski definition) is 8. The molecule has 12 heteroatoms. The number of fused-ring (bicyclic) bond motifs is 1. The molecule has 0 radical (unpaired) electrons. The van der Waals surface area contributed by atoms with Crippen LogP contribution in [0.1, 0.15) is 74.6 Å². The normalized spacial score (nSPS) is 16.8. The van der Waals surface area contributed by atoms with E-state index in [1.807, 2.05) is 11.8 Å². The molecule has 1 amide bonds. The quantitative estimate of drug-likeness (QED) is 0.500. The second-order valence-electron chi connectivity index (χ2n) is 9.91. The number of hydrogen-bond donors (Lipinski definition) is 2. The average Bonchev–Trinajstić information content (AvgIpc) is 3.43. The Morgan fingerprint density at radius 3 is 2.81 bits per heavy atom. The van der Waals surface area contributed by atoms with E-state index < -0.39 is 23.5 Å². The summed E-state index contributed by atoms with van der Waals surface area (Å²) in [7, 11) is 0. The summed E-state index contributed by atoms with van der Waals surface area (Å²) in [4.78, 5) is 38.7. The molecule has 4 heterocycles. The maximum absolute atomic E-state index is 14.3. The van der Waals surface area contributed by atoms with Crippen molar-refractivity contribution in [3.8, 4) is 0 Å². The SMILES string of the molecule is CC(CCc1ncc(F)cc1[C@H]1CCCN1c1ncn2ncc(C(=O)O)c2n1)NC(=O)OC(C)(C)C. The summed E-state index contributed by atoms with van der Waals surface area (Å²) in [6, 6.07) is 1.08. The van der Waals surface area contributed by atoms with Gasteiger partial charge in [-0.3, -0.25) is 4.98 Å². The number of nitrogens with one attached hydrogen (secondary N) is 1. The van der Waals surface area contributed by atoms with Gasteiger partial charge in [-0.1, -0.05) is 0 Å². The lowest BCUT2D eigenvalue weighted by Gasteiger charge is -2.27. The number of amides is 1. The molecule has 0 bridgehead atoms. The number of carboxylic acids is 1. The first-order valence-electron chi connectivity index (χ1n) is 11.9. The Labute approximate surface area is 207 Å².